The van der Waals surface area contributed by atoms with Crippen LogP contribution in [0.5, 0.6) is 0 Å². The molecule has 0 amide bonds. The van der Waals surface area contributed by atoms with Crippen LogP contribution in [0.1, 0.15) is 0 Å². The Morgan fingerprint density at radius 2 is 2.13 bits per heavy atom. The third kappa shape index (κ3) is 2.88. The predicted molar refractivity (Wildman–Crippen MR) is 70.8 cm³/mol. The molecule has 3 nitrogen and oxygen atoms in total. The van der Waals surface area contributed by atoms with E-state index in [1.165, 1.54) is 11.8 Å². The molecule has 0 spiro atoms. The largest absolute Gasteiger partial charge is 0.248 e. The molecule has 0 atom stereocenters. The molecule has 15 heavy (non-hydrogen) atoms. The van der Waals surface area contributed by atoms with Crippen molar-refractivity contribution < 1.29 is 0 Å². The summed E-state index contributed by atoms with van der Waals surface area (Å²) in [4.78, 5) is 12.4. The van der Waals surface area contributed by atoms with Crippen molar-refractivity contribution in [2.75, 3.05) is 0 Å². The summed E-state index contributed by atoms with van der Waals surface area (Å²) in [6, 6.07) is 3.85. The molecule has 0 aliphatic rings. The second-order valence-corrected chi connectivity index (χ2v) is 5.56. The molecule has 0 unspecified atom stereocenters. The smallest absolute Gasteiger partial charge is 0.119 e. The fraction of sp³-hybridized carbons (Fsp3) is 0. The van der Waals surface area contributed by atoms with Gasteiger partial charge in [0.1, 0.15) is 16.4 Å². The van der Waals surface area contributed by atoms with Crippen molar-refractivity contribution in [3.05, 3.63) is 38.9 Å². The maximum Gasteiger partial charge on any atom is 0.119 e. The van der Waals surface area contributed by atoms with Gasteiger partial charge in [0.25, 0.3) is 0 Å². The highest BCUT2D eigenvalue weighted by Gasteiger charge is 2.07. The minimum Gasteiger partial charge on any atom is -0.248 e. The van der Waals surface area contributed by atoms with E-state index in [1.54, 1.807) is 18.7 Å². The van der Waals surface area contributed by atoms with Crippen LogP contribution >= 0.6 is 50.3 Å². The summed E-state index contributed by atoms with van der Waals surface area (Å²) in [5.74, 6) is 0. The van der Waals surface area contributed by atoms with E-state index in [0.717, 1.165) is 18.1 Å². The predicted octanol–water partition coefficient (Wildman–Crippen LogP) is 3.39. The minimum absolute atomic E-state index is 0.911. The van der Waals surface area contributed by atoms with Crippen LogP contribution in [0.2, 0.25) is 0 Å². The van der Waals surface area contributed by atoms with Crippen LogP contribution < -0.4 is 0 Å². The second kappa shape index (κ2) is 5.22. The Bertz CT molecular complexity index is 437. The number of nitrogens with zero attached hydrogens (tertiary/aromatic N) is 3. The molecule has 2 heterocycles. The van der Waals surface area contributed by atoms with Crippen LogP contribution in [0.4, 0.5) is 0 Å². The van der Waals surface area contributed by atoms with Gasteiger partial charge >= 0.3 is 0 Å². The number of rotatable bonds is 2. The zero-order valence-electron chi connectivity index (χ0n) is 7.39. The fourth-order valence-electron chi connectivity index (χ4n) is 0.914. The molecule has 0 aliphatic heterocycles. The van der Waals surface area contributed by atoms with Crippen molar-refractivity contribution in [3.8, 4) is 0 Å². The molecule has 0 bridgehead atoms. The van der Waals surface area contributed by atoms with Gasteiger partial charge in [-0.15, -0.1) is 0 Å². The van der Waals surface area contributed by atoms with Gasteiger partial charge in [-0.05, 0) is 62.4 Å². The standard InChI is InChI=1S/C9H5BrIN3S/c10-6-2-1-3-13-8(6)15-9-7(11)4-12-5-14-9/h1-5H. The summed E-state index contributed by atoms with van der Waals surface area (Å²) < 4.78 is 2.00. The Kier molecular flexibility index (Phi) is 3.92. The van der Waals surface area contributed by atoms with E-state index in [1.807, 2.05) is 12.1 Å². The van der Waals surface area contributed by atoms with Crippen LogP contribution in [0, 0.1) is 3.57 Å². The number of pyridine rings is 1. The van der Waals surface area contributed by atoms with Gasteiger partial charge in [-0.25, -0.2) is 15.0 Å². The van der Waals surface area contributed by atoms with Crippen molar-refractivity contribution >= 4 is 50.3 Å². The van der Waals surface area contributed by atoms with Crippen LogP contribution in [0.25, 0.3) is 0 Å². The van der Waals surface area contributed by atoms with E-state index in [0.29, 0.717) is 0 Å². The molecule has 0 saturated carbocycles. The quantitative estimate of drug-likeness (QED) is 0.579. The van der Waals surface area contributed by atoms with Crippen LogP contribution in [-0.4, -0.2) is 15.0 Å². The lowest BCUT2D eigenvalue weighted by Gasteiger charge is -2.02. The highest BCUT2D eigenvalue weighted by atomic mass is 127. The highest BCUT2D eigenvalue weighted by molar-refractivity contribution is 14.1. The molecule has 6 heteroatoms. The van der Waals surface area contributed by atoms with Gasteiger partial charge in [-0.1, -0.05) is 0 Å². The van der Waals surface area contributed by atoms with Crippen LogP contribution in [-0.2, 0) is 0 Å². The molecule has 76 valence electrons. The number of hydrogen-bond donors (Lipinski definition) is 0. The van der Waals surface area contributed by atoms with Crippen molar-refractivity contribution in [3.63, 3.8) is 0 Å². The van der Waals surface area contributed by atoms with E-state index in [2.05, 4.69) is 53.5 Å². The molecular formula is C9H5BrIN3S. The SMILES string of the molecule is Brc1cccnc1Sc1ncncc1I. The Hall–Kier alpha value is -0.210. The first kappa shape index (κ1) is 11.3. The molecule has 2 aromatic heterocycles. The number of halogens is 2. The monoisotopic (exact) mass is 393 g/mol. The lowest BCUT2D eigenvalue weighted by atomic mass is 10.5. The van der Waals surface area contributed by atoms with Gasteiger partial charge in [0.05, 0.1) is 8.04 Å². The molecule has 2 aromatic rings. The molecule has 0 aromatic carbocycles. The zero-order valence-corrected chi connectivity index (χ0v) is 12.0. The summed E-state index contributed by atoms with van der Waals surface area (Å²) >= 11 is 7.18. The van der Waals surface area contributed by atoms with Crippen LogP contribution in [0.15, 0.2) is 45.4 Å². The summed E-state index contributed by atoms with van der Waals surface area (Å²) in [6.07, 6.45) is 5.09. The molecule has 2 rings (SSSR count). The Morgan fingerprint density at radius 1 is 1.27 bits per heavy atom. The van der Waals surface area contributed by atoms with Gasteiger partial charge in [-0.3, -0.25) is 0 Å². The van der Waals surface area contributed by atoms with Crippen molar-refractivity contribution in [2.45, 2.75) is 10.1 Å². The van der Waals surface area contributed by atoms with Crippen LogP contribution in [0.3, 0.4) is 0 Å². The third-order valence-corrected chi connectivity index (χ3v) is 4.65. The normalized spacial score (nSPS) is 10.3. The van der Waals surface area contributed by atoms with Gasteiger partial charge < -0.3 is 0 Å². The minimum atomic E-state index is 0.911. The number of hydrogen-bond acceptors (Lipinski definition) is 4. The highest BCUT2D eigenvalue weighted by Crippen LogP contribution is 2.31. The van der Waals surface area contributed by atoms with E-state index in [-0.39, 0.29) is 0 Å². The first-order valence-corrected chi connectivity index (χ1v) is 6.70. The zero-order chi connectivity index (χ0) is 10.7. The lowest BCUT2D eigenvalue weighted by molar-refractivity contribution is 1.01. The van der Waals surface area contributed by atoms with Gasteiger partial charge in [0.2, 0.25) is 0 Å². The molecule has 0 aliphatic carbocycles. The second-order valence-electron chi connectivity index (χ2n) is 2.57. The average Bonchev–Trinajstić information content (AvgIpc) is 2.24. The maximum absolute atomic E-state index is 4.27. The Balaban J connectivity index is 2.30. The van der Waals surface area contributed by atoms with E-state index in [4.69, 9.17) is 0 Å². The average molecular weight is 394 g/mol. The topological polar surface area (TPSA) is 38.7 Å². The van der Waals surface area contributed by atoms with Crippen molar-refractivity contribution in [2.24, 2.45) is 0 Å². The van der Waals surface area contributed by atoms with Gasteiger partial charge in [0.15, 0.2) is 0 Å². The van der Waals surface area contributed by atoms with Crippen molar-refractivity contribution in [1.82, 2.24) is 15.0 Å². The van der Waals surface area contributed by atoms with E-state index >= 15 is 0 Å². The maximum atomic E-state index is 4.27. The Labute approximate surface area is 113 Å². The Morgan fingerprint density at radius 3 is 2.87 bits per heavy atom. The first-order chi connectivity index (χ1) is 7.27. The molecule has 0 saturated heterocycles. The summed E-state index contributed by atoms with van der Waals surface area (Å²) in [5.41, 5.74) is 0. The number of aromatic nitrogens is 3. The van der Waals surface area contributed by atoms with E-state index in [9.17, 15) is 0 Å². The van der Waals surface area contributed by atoms with Gasteiger partial charge in [-0.2, -0.15) is 0 Å². The van der Waals surface area contributed by atoms with Gasteiger partial charge in [0, 0.05) is 12.4 Å². The molecule has 0 fully saturated rings. The molecule has 0 N–H and O–H groups in total. The molecule has 0 radical (unpaired) electrons. The first-order valence-electron chi connectivity index (χ1n) is 4.01. The van der Waals surface area contributed by atoms with Crippen molar-refractivity contribution in [1.29, 1.82) is 0 Å². The van der Waals surface area contributed by atoms with E-state index < -0.39 is 0 Å². The lowest BCUT2D eigenvalue weighted by Crippen LogP contribution is -1.88. The summed E-state index contributed by atoms with van der Waals surface area (Å²) in [5, 5.41) is 1.83. The summed E-state index contributed by atoms with van der Waals surface area (Å²) in [7, 11) is 0. The summed E-state index contributed by atoms with van der Waals surface area (Å²) in [6.45, 7) is 0. The molecular weight excluding hydrogens is 389 g/mol. The third-order valence-electron chi connectivity index (χ3n) is 1.55. The fourth-order valence-corrected chi connectivity index (χ4v) is 2.75.